The molecule has 0 unspecified atom stereocenters. The largest absolute Gasteiger partial charge is 0.338 e. The van der Waals surface area contributed by atoms with E-state index in [1.807, 2.05) is 0 Å². The van der Waals surface area contributed by atoms with Crippen molar-refractivity contribution in [1.29, 1.82) is 0 Å². The van der Waals surface area contributed by atoms with Crippen LogP contribution in [0.25, 0.3) is 0 Å². The van der Waals surface area contributed by atoms with Gasteiger partial charge in [0.2, 0.25) is 11.1 Å². The maximum absolute atomic E-state index is 12.6. The van der Waals surface area contributed by atoms with E-state index in [1.165, 1.54) is 18.2 Å². The van der Waals surface area contributed by atoms with E-state index in [0.29, 0.717) is 27.8 Å². The molecule has 2 aliphatic rings. The van der Waals surface area contributed by atoms with Crippen LogP contribution in [0.1, 0.15) is 40.0 Å². The van der Waals surface area contributed by atoms with Crippen molar-refractivity contribution in [3.8, 4) is 0 Å². The first-order valence-electron chi connectivity index (χ1n) is 7.43. The lowest BCUT2D eigenvalue weighted by Gasteiger charge is -2.39. The molecule has 1 saturated heterocycles. The van der Waals surface area contributed by atoms with Crippen LogP contribution in [0.2, 0.25) is 0 Å². The highest BCUT2D eigenvalue weighted by Crippen LogP contribution is 2.52. The maximum Gasteiger partial charge on any atom is 0.233 e. The van der Waals surface area contributed by atoms with Gasteiger partial charge in [-0.2, -0.15) is 0 Å². The minimum absolute atomic E-state index is 0.217. The molecular formula is C14H23N5OS. The quantitative estimate of drug-likeness (QED) is 0.796. The number of likely N-dealkylation sites (tertiary alicyclic amines) is 1. The van der Waals surface area contributed by atoms with E-state index in [9.17, 15) is 4.79 Å². The summed E-state index contributed by atoms with van der Waals surface area (Å²) in [4.78, 5) is 14.7. The summed E-state index contributed by atoms with van der Waals surface area (Å²) in [5.74, 6) is 0.635. The fourth-order valence-electron chi connectivity index (χ4n) is 4.30. The molecule has 0 spiro atoms. The Morgan fingerprint density at radius 1 is 1.38 bits per heavy atom. The highest BCUT2D eigenvalue weighted by molar-refractivity contribution is 7.99. The third kappa shape index (κ3) is 2.93. The fraction of sp³-hybridized carbons (Fsp3) is 0.857. The Balaban J connectivity index is 1.65. The Morgan fingerprint density at radius 3 is 2.81 bits per heavy atom. The Hall–Kier alpha value is -1.11. The molecule has 2 heterocycles. The van der Waals surface area contributed by atoms with Crippen molar-refractivity contribution in [1.82, 2.24) is 25.1 Å². The van der Waals surface area contributed by atoms with Gasteiger partial charge in [-0.15, -0.1) is 5.10 Å². The van der Waals surface area contributed by atoms with Gasteiger partial charge in [0.15, 0.2) is 0 Å². The predicted molar refractivity (Wildman–Crippen MR) is 80.8 cm³/mol. The Morgan fingerprint density at radius 2 is 2.14 bits per heavy atom. The van der Waals surface area contributed by atoms with Crippen molar-refractivity contribution < 1.29 is 4.79 Å². The van der Waals surface area contributed by atoms with Gasteiger partial charge in [-0.05, 0) is 40.5 Å². The summed E-state index contributed by atoms with van der Waals surface area (Å²) < 4.78 is 1.60. The number of nitrogens with zero attached hydrogens (tertiary/aromatic N) is 5. The topological polar surface area (TPSA) is 63.9 Å². The number of hydrogen-bond acceptors (Lipinski definition) is 5. The number of thioether (sulfide) groups is 1. The molecule has 7 heteroatoms. The normalized spacial score (nSPS) is 30.7. The number of fused-ring (bicyclic) bond motifs is 2. The SMILES string of the molecule is Cn1nnnc1SCC(=O)N1C[C@@]2(C)C[C@H]1CC(C)(C)C2. The van der Waals surface area contributed by atoms with Gasteiger partial charge < -0.3 is 4.90 Å². The molecule has 116 valence electrons. The van der Waals surface area contributed by atoms with Gasteiger partial charge in [0, 0.05) is 19.6 Å². The van der Waals surface area contributed by atoms with Gasteiger partial charge in [-0.25, -0.2) is 4.68 Å². The number of carbonyl (C=O) groups excluding carboxylic acids is 1. The van der Waals surface area contributed by atoms with Crippen molar-refractivity contribution in [3.63, 3.8) is 0 Å². The molecule has 1 amide bonds. The van der Waals surface area contributed by atoms with Crippen LogP contribution in [0.4, 0.5) is 0 Å². The summed E-state index contributed by atoms with van der Waals surface area (Å²) in [5, 5.41) is 12.0. The molecule has 1 aromatic rings. The van der Waals surface area contributed by atoms with Gasteiger partial charge >= 0.3 is 0 Å². The minimum Gasteiger partial charge on any atom is -0.338 e. The molecule has 1 aliphatic carbocycles. The second-order valence-electron chi connectivity index (χ2n) is 7.61. The number of aryl methyl sites for hydroxylation is 1. The number of hydrogen-bond donors (Lipinski definition) is 0. The number of amides is 1. The van der Waals surface area contributed by atoms with Gasteiger partial charge in [0.05, 0.1) is 5.75 Å². The summed E-state index contributed by atoms with van der Waals surface area (Å²) in [6.45, 7) is 7.88. The van der Waals surface area contributed by atoms with Crippen molar-refractivity contribution in [2.75, 3.05) is 12.3 Å². The zero-order valence-electron chi connectivity index (χ0n) is 13.2. The summed E-state index contributed by atoms with van der Waals surface area (Å²) in [6.07, 6.45) is 3.48. The lowest BCUT2D eigenvalue weighted by atomic mass is 9.65. The Bertz CT molecular complexity index is 557. The molecule has 2 atom stereocenters. The van der Waals surface area contributed by atoms with Crippen LogP contribution in [-0.4, -0.2) is 49.4 Å². The van der Waals surface area contributed by atoms with Crippen LogP contribution < -0.4 is 0 Å². The first-order valence-corrected chi connectivity index (χ1v) is 8.41. The smallest absolute Gasteiger partial charge is 0.233 e. The van der Waals surface area contributed by atoms with E-state index in [0.717, 1.165) is 19.4 Å². The van der Waals surface area contributed by atoms with Crippen molar-refractivity contribution in [3.05, 3.63) is 0 Å². The van der Waals surface area contributed by atoms with Crippen molar-refractivity contribution in [2.24, 2.45) is 17.9 Å². The van der Waals surface area contributed by atoms with E-state index in [1.54, 1.807) is 11.7 Å². The van der Waals surface area contributed by atoms with E-state index < -0.39 is 0 Å². The monoisotopic (exact) mass is 309 g/mol. The summed E-state index contributed by atoms with van der Waals surface area (Å²) in [6, 6.07) is 0.407. The van der Waals surface area contributed by atoms with E-state index >= 15 is 0 Å². The minimum atomic E-state index is 0.217. The molecule has 1 saturated carbocycles. The zero-order chi connectivity index (χ0) is 15.3. The molecule has 3 rings (SSSR count). The highest BCUT2D eigenvalue weighted by Gasteiger charge is 2.50. The van der Waals surface area contributed by atoms with Gasteiger partial charge in [0.1, 0.15) is 0 Å². The highest BCUT2D eigenvalue weighted by atomic mass is 32.2. The number of tetrazole rings is 1. The third-order valence-electron chi connectivity index (χ3n) is 4.64. The third-order valence-corrected chi connectivity index (χ3v) is 5.64. The fourth-order valence-corrected chi connectivity index (χ4v) is 5.04. The van der Waals surface area contributed by atoms with Crippen LogP contribution in [-0.2, 0) is 11.8 Å². The standard InChI is InChI=1S/C14H23N5OS/c1-13(2)5-10-6-14(3,8-13)9-19(10)11(20)7-21-12-15-16-17-18(12)4/h10H,5-9H2,1-4H3/t10-,14+/m1/s1. The Kier molecular flexibility index (Phi) is 3.50. The van der Waals surface area contributed by atoms with Crippen LogP contribution in [0, 0.1) is 10.8 Å². The van der Waals surface area contributed by atoms with Crippen LogP contribution in [0.5, 0.6) is 0 Å². The zero-order valence-corrected chi connectivity index (χ0v) is 14.0. The van der Waals surface area contributed by atoms with E-state index in [2.05, 4.69) is 41.2 Å². The molecule has 2 fully saturated rings. The molecular weight excluding hydrogens is 286 g/mol. The lowest BCUT2D eigenvalue weighted by Crippen LogP contribution is -2.38. The molecule has 1 aliphatic heterocycles. The maximum atomic E-state index is 12.6. The second kappa shape index (κ2) is 4.97. The van der Waals surface area contributed by atoms with E-state index in [-0.39, 0.29) is 5.91 Å². The van der Waals surface area contributed by atoms with E-state index in [4.69, 9.17) is 0 Å². The molecule has 2 bridgehead atoms. The molecule has 0 aromatic carbocycles. The average Bonchev–Trinajstić information content (AvgIpc) is 2.86. The first kappa shape index (κ1) is 14.8. The second-order valence-corrected chi connectivity index (χ2v) is 8.55. The van der Waals surface area contributed by atoms with Gasteiger partial charge in [-0.1, -0.05) is 32.5 Å². The Labute approximate surface area is 129 Å². The molecule has 0 radical (unpaired) electrons. The molecule has 6 nitrogen and oxygen atoms in total. The summed E-state index contributed by atoms with van der Waals surface area (Å²) in [7, 11) is 1.79. The summed E-state index contributed by atoms with van der Waals surface area (Å²) >= 11 is 1.42. The van der Waals surface area contributed by atoms with Gasteiger partial charge in [-0.3, -0.25) is 4.79 Å². The van der Waals surface area contributed by atoms with Crippen molar-refractivity contribution >= 4 is 17.7 Å². The average molecular weight is 309 g/mol. The first-order chi connectivity index (χ1) is 9.78. The molecule has 21 heavy (non-hydrogen) atoms. The molecule has 0 N–H and O–H groups in total. The lowest BCUT2D eigenvalue weighted by molar-refractivity contribution is -0.129. The van der Waals surface area contributed by atoms with Crippen molar-refractivity contribution in [2.45, 2.75) is 51.2 Å². The predicted octanol–water partition coefficient (Wildman–Crippen LogP) is 1.73. The van der Waals surface area contributed by atoms with Crippen LogP contribution in [0.15, 0.2) is 5.16 Å². The summed E-state index contributed by atoms with van der Waals surface area (Å²) in [5.41, 5.74) is 0.631. The number of aromatic nitrogens is 4. The van der Waals surface area contributed by atoms with Gasteiger partial charge in [0.25, 0.3) is 0 Å². The number of carbonyl (C=O) groups is 1. The number of rotatable bonds is 3. The molecule has 1 aromatic heterocycles. The van der Waals surface area contributed by atoms with Crippen LogP contribution >= 0.6 is 11.8 Å². The van der Waals surface area contributed by atoms with Crippen LogP contribution in [0.3, 0.4) is 0 Å².